The second kappa shape index (κ2) is 10.6. The highest BCUT2D eigenvalue weighted by Gasteiger charge is 2.32. The Balaban J connectivity index is 1.38. The number of carbonyl (C=O) groups excluding carboxylic acids is 2. The maximum absolute atomic E-state index is 13.2. The van der Waals surface area contributed by atoms with Crippen molar-refractivity contribution in [3.05, 3.63) is 101 Å². The lowest BCUT2D eigenvalue weighted by molar-refractivity contribution is -0.139. The quantitative estimate of drug-likeness (QED) is 0.485. The van der Waals surface area contributed by atoms with Gasteiger partial charge in [-0.15, -0.1) is 0 Å². The summed E-state index contributed by atoms with van der Waals surface area (Å²) in [6, 6.07) is 22.7. The lowest BCUT2D eigenvalue weighted by atomic mass is 10.0. The number of para-hydroxylation sites is 1. The summed E-state index contributed by atoms with van der Waals surface area (Å²) in [5.74, 6) is -0.0873. The number of ether oxygens (including phenoxy) is 1. The zero-order chi connectivity index (χ0) is 24.1. The number of amides is 1. The van der Waals surface area contributed by atoms with Gasteiger partial charge >= 0.3 is 0 Å². The first kappa shape index (κ1) is 23.6. The zero-order valence-corrected chi connectivity index (χ0v) is 19.5. The van der Waals surface area contributed by atoms with E-state index in [0.29, 0.717) is 36.5 Å². The molecule has 1 heterocycles. The molecule has 0 radical (unpaired) electrons. The van der Waals surface area contributed by atoms with Crippen molar-refractivity contribution in [1.29, 1.82) is 0 Å². The molecule has 3 aromatic rings. The number of hydrogen-bond donors (Lipinski definition) is 0. The molecule has 0 aromatic heterocycles. The second-order valence-corrected chi connectivity index (χ2v) is 8.78. The van der Waals surface area contributed by atoms with Gasteiger partial charge in [-0.1, -0.05) is 54.6 Å². The Labute approximate surface area is 199 Å². The first-order chi connectivity index (χ1) is 16.4. The van der Waals surface area contributed by atoms with Crippen molar-refractivity contribution in [2.24, 2.45) is 0 Å². The first-order valence-electron chi connectivity index (χ1n) is 11.5. The van der Waals surface area contributed by atoms with Gasteiger partial charge in [-0.3, -0.25) is 14.5 Å². The fraction of sp³-hybridized carbons (Fsp3) is 0.286. The van der Waals surface area contributed by atoms with Crippen molar-refractivity contribution in [3.63, 3.8) is 0 Å². The Kier molecular flexibility index (Phi) is 7.38. The fourth-order valence-corrected chi connectivity index (χ4v) is 4.34. The number of hydrogen-bond acceptors (Lipinski definition) is 4. The minimum atomic E-state index is -0.243. The van der Waals surface area contributed by atoms with Gasteiger partial charge in [0.15, 0.2) is 12.4 Å². The third kappa shape index (κ3) is 5.51. The van der Waals surface area contributed by atoms with E-state index in [2.05, 4.69) is 11.8 Å². The monoisotopic (exact) mass is 460 g/mol. The molecule has 0 spiro atoms. The molecular formula is C28H29FN2O3. The van der Waals surface area contributed by atoms with Crippen LogP contribution < -0.4 is 4.74 Å². The molecule has 34 heavy (non-hydrogen) atoms. The van der Waals surface area contributed by atoms with Crippen LogP contribution in [0.2, 0.25) is 0 Å². The van der Waals surface area contributed by atoms with Gasteiger partial charge in [0.2, 0.25) is 0 Å². The summed E-state index contributed by atoms with van der Waals surface area (Å²) in [4.78, 5) is 30.1. The van der Waals surface area contributed by atoms with Crippen LogP contribution in [0.3, 0.4) is 0 Å². The molecule has 5 nitrogen and oxygen atoms in total. The fourth-order valence-electron chi connectivity index (χ4n) is 4.34. The van der Waals surface area contributed by atoms with Crippen molar-refractivity contribution in [1.82, 2.24) is 9.80 Å². The van der Waals surface area contributed by atoms with E-state index in [4.69, 9.17) is 4.74 Å². The van der Waals surface area contributed by atoms with Crippen molar-refractivity contribution in [3.8, 4) is 5.75 Å². The molecule has 176 valence electrons. The molecule has 0 bridgehead atoms. The summed E-state index contributed by atoms with van der Waals surface area (Å²) in [5, 5.41) is 0. The van der Waals surface area contributed by atoms with Gasteiger partial charge in [0, 0.05) is 37.3 Å². The SMILES string of the molecule is CC1CN(C(=O)COc2ccccc2C(=O)c2ccccc2)C(C)CN1Cc1ccc(F)cc1. The summed E-state index contributed by atoms with van der Waals surface area (Å²) in [6.45, 7) is 5.98. The molecule has 1 aliphatic heterocycles. The number of rotatable bonds is 7. The van der Waals surface area contributed by atoms with Gasteiger partial charge in [-0.05, 0) is 43.7 Å². The molecule has 3 aromatic carbocycles. The lowest BCUT2D eigenvalue weighted by Gasteiger charge is -2.44. The number of benzene rings is 3. The molecule has 0 N–H and O–H groups in total. The third-order valence-corrected chi connectivity index (χ3v) is 6.25. The molecule has 0 saturated carbocycles. The average Bonchev–Trinajstić information content (AvgIpc) is 2.86. The molecule has 0 aliphatic carbocycles. The minimum Gasteiger partial charge on any atom is -0.483 e. The Bertz CT molecular complexity index is 1130. The van der Waals surface area contributed by atoms with Gasteiger partial charge in [0.1, 0.15) is 11.6 Å². The largest absolute Gasteiger partial charge is 0.483 e. The van der Waals surface area contributed by atoms with E-state index >= 15 is 0 Å². The molecule has 1 amide bonds. The van der Waals surface area contributed by atoms with Crippen LogP contribution in [0, 0.1) is 5.82 Å². The number of carbonyl (C=O) groups is 2. The topological polar surface area (TPSA) is 49.9 Å². The van der Waals surface area contributed by atoms with E-state index in [1.54, 1.807) is 48.5 Å². The molecule has 4 rings (SSSR count). The molecule has 2 atom stereocenters. The highest BCUT2D eigenvalue weighted by Crippen LogP contribution is 2.23. The van der Waals surface area contributed by atoms with Crippen LogP contribution in [0.5, 0.6) is 5.75 Å². The van der Waals surface area contributed by atoms with E-state index in [-0.39, 0.29) is 36.2 Å². The number of piperazine rings is 1. The number of ketones is 1. The molecular weight excluding hydrogens is 431 g/mol. The van der Waals surface area contributed by atoms with Crippen molar-refractivity contribution in [2.45, 2.75) is 32.5 Å². The number of halogens is 1. The predicted octanol–water partition coefficient (Wildman–Crippen LogP) is 4.56. The smallest absolute Gasteiger partial charge is 0.260 e. The molecule has 1 fully saturated rings. The maximum Gasteiger partial charge on any atom is 0.260 e. The van der Waals surface area contributed by atoms with Gasteiger partial charge in [0.25, 0.3) is 5.91 Å². The Morgan fingerprint density at radius 1 is 0.882 bits per heavy atom. The van der Waals surface area contributed by atoms with Gasteiger partial charge < -0.3 is 9.64 Å². The van der Waals surface area contributed by atoms with Crippen LogP contribution in [-0.4, -0.2) is 53.3 Å². The van der Waals surface area contributed by atoms with E-state index in [9.17, 15) is 14.0 Å². The van der Waals surface area contributed by atoms with E-state index < -0.39 is 0 Å². The maximum atomic E-state index is 13.2. The van der Waals surface area contributed by atoms with E-state index in [0.717, 1.165) is 5.56 Å². The van der Waals surface area contributed by atoms with Gasteiger partial charge in [-0.2, -0.15) is 0 Å². The minimum absolute atomic E-state index is 0.00828. The Morgan fingerprint density at radius 2 is 1.56 bits per heavy atom. The van der Waals surface area contributed by atoms with E-state index in [1.165, 1.54) is 12.1 Å². The average molecular weight is 461 g/mol. The summed E-state index contributed by atoms with van der Waals surface area (Å²) < 4.78 is 19.1. The van der Waals surface area contributed by atoms with Crippen LogP contribution in [-0.2, 0) is 11.3 Å². The van der Waals surface area contributed by atoms with Crippen LogP contribution in [0.25, 0.3) is 0 Å². The van der Waals surface area contributed by atoms with Crippen molar-refractivity contribution < 1.29 is 18.7 Å². The Hall–Kier alpha value is -3.51. The summed E-state index contributed by atoms with van der Waals surface area (Å²) in [5.41, 5.74) is 2.06. The summed E-state index contributed by atoms with van der Waals surface area (Å²) >= 11 is 0. The van der Waals surface area contributed by atoms with Crippen LogP contribution in [0.1, 0.15) is 35.3 Å². The predicted molar refractivity (Wildman–Crippen MR) is 129 cm³/mol. The molecule has 1 aliphatic rings. The summed E-state index contributed by atoms with van der Waals surface area (Å²) in [6.07, 6.45) is 0. The Morgan fingerprint density at radius 3 is 2.29 bits per heavy atom. The van der Waals surface area contributed by atoms with Crippen LogP contribution in [0.4, 0.5) is 4.39 Å². The van der Waals surface area contributed by atoms with Crippen LogP contribution in [0.15, 0.2) is 78.9 Å². The zero-order valence-electron chi connectivity index (χ0n) is 19.5. The summed E-state index contributed by atoms with van der Waals surface area (Å²) in [7, 11) is 0. The highest BCUT2D eigenvalue weighted by atomic mass is 19.1. The molecule has 6 heteroatoms. The van der Waals surface area contributed by atoms with Crippen molar-refractivity contribution >= 4 is 11.7 Å². The number of nitrogens with zero attached hydrogens (tertiary/aromatic N) is 2. The normalized spacial score (nSPS) is 18.5. The third-order valence-electron chi connectivity index (χ3n) is 6.25. The highest BCUT2D eigenvalue weighted by molar-refractivity contribution is 6.10. The molecule has 2 unspecified atom stereocenters. The first-order valence-corrected chi connectivity index (χ1v) is 11.5. The standard InChI is InChI=1S/C28H29FN2O3/c1-20-17-31(21(2)16-30(20)18-22-12-14-24(29)15-13-22)27(32)19-34-26-11-7-6-10-25(26)28(33)23-8-4-3-5-9-23/h3-15,20-21H,16-19H2,1-2H3. The van der Waals surface area contributed by atoms with Gasteiger partial charge in [0.05, 0.1) is 5.56 Å². The van der Waals surface area contributed by atoms with E-state index in [1.807, 2.05) is 30.0 Å². The molecule has 1 saturated heterocycles. The van der Waals surface area contributed by atoms with Crippen LogP contribution >= 0.6 is 0 Å². The lowest BCUT2D eigenvalue weighted by Crippen LogP contribution is -2.58. The van der Waals surface area contributed by atoms with Crippen molar-refractivity contribution in [2.75, 3.05) is 19.7 Å². The van der Waals surface area contributed by atoms with Gasteiger partial charge in [-0.25, -0.2) is 4.39 Å². The second-order valence-electron chi connectivity index (χ2n) is 8.78.